The normalized spacial score (nSPS) is 15.1. The fraction of sp³-hybridized carbons (Fsp3) is 0.625. The summed E-state index contributed by atoms with van der Waals surface area (Å²) in [4.78, 5) is 0. The lowest BCUT2D eigenvalue weighted by molar-refractivity contribution is 0.342. The van der Waals surface area contributed by atoms with E-state index in [-0.39, 0.29) is 0 Å². The van der Waals surface area contributed by atoms with Crippen molar-refractivity contribution in [3.05, 3.63) is 12.4 Å². The maximum Gasteiger partial charge on any atom is 0.147 e. The van der Waals surface area contributed by atoms with E-state index in [9.17, 15) is 0 Å². The Labute approximate surface area is 71.8 Å². The van der Waals surface area contributed by atoms with E-state index in [0.29, 0.717) is 0 Å². The quantitative estimate of drug-likeness (QED) is 0.677. The van der Waals surface area contributed by atoms with E-state index in [2.05, 4.69) is 16.4 Å². The maximum absolute atomic E-state index is 8.95. The van der Waals surface area contributed by atoms with Gasteiger partial charge in [-0.2, -0.15) is 5.26 Å². The van der Waals surface area contributed by atoms with Crippen LogP contribution in [0.4, 0.5) is 0 Å². The monoisotopic (exact) mass is 164 g/mol. The van der Waals surface area contributed by atoms with E-state index in [1.807, 2.05) is 13.8 Å². The molecule has 1 aromatic rings. The molecule has 0 aromatic carbocycles. The van der Waals surface area contributed by atoms with E-state index in [1.54, 1.807) is 17.1 Å². The number of hydrogen-bond donors (Lipinski definition) is 0. The SMILES string of the molecule is CCCC(C)(C#N)n1ccnn1. The minimum Gasteiger partial charge on any atom is -0.233 e. The van der Waals surface area contributed by atoms with Crippen LogP contribution < -0.4 is 0 Å². The first-order chi connectivity index (χ1) is 5.73. The Morgan fingerprint density at radius 3 is 2.83 bits per heavy atom. The average Bonchev–Trinajstić information content (AvgIpc) is 2.57. The molecule has 0 aliphatic rings. The molecule has 0 amide bonds. The molecule has 0 aliphatic carbocycles. The lowest BCUT2D eigenvalue weighted by Gasteiger charge is -2.19. The van der Waals surface area contributed by atoms with Gasteiger partial charge in [0.25, 0.3) is 0 Å². The first-order valence-electron chi connectivity index (χ1n) is 4.01. The molecule has 0 radical (unpaired) electrons. The van der Waals surface area contributed by atoms with Gasteiger partial charge in [0.05, 0.1) is 12.3 Å². The van der Waals surface area contributed by atoms with Gasteiger partial charge in [-0.05, 0) is 13.3 Å². The van der Waals surface area contributed by atoms with Crippen molar-refractivity contribution in [1.82, 2.24) is 15.0 Å². The number of nitriles is 1. The zero-order valence-electron chi connectivity index (χ0n) is 7.36. The summed E-state index contributed by atoms with van der Waals surface area (Å²) in [6, 6.07) is 2.24. The minimum absolute atomic E-state index is 0.536. The van der Waals surface area contributed by atoms with Crippen LogP contribution in [0.3, 0.4) is 0 Å². The summed E-state index contributed by atoms with van der Waals surface area (Å²) in [7, 11) is 0. The lowest BCUT2D eigenvalue weighted by atomic mass is 9.99. The third kappa shape index (κ3) is 1.45. The molecular weight excluding hydrogens is 152 g/mol. The van der Waals surface area contributed by atoms with Gasteiger partial charge in [0.1, 0.15) is 5.54 Å². The number of aromatic nitrogens is 3. The highest BCUT2D eigenvalue weighted by atomic mass is 15.4. The van der Waals surface area contributed by atoms with Gasteiger partial charge in [0.2, 0.25) is 0 Å². The van der Waals surface area contributed by atoms with E-state index >= 15 is 0 Å². The van der Waals surface area contributed by atoms with Crippen molar-refractivity contribution in [2.45, 2.75) is 32.2 Å². The summed E-state index contributed by atoms with van der Waals surface area (Å²) in [5.41, 5.74) is -0.536. The van der Waals surface area contributed by atoms with Crippen LogP contribution in [-0.2, 0) is 5.54 Å². The molecule has 4 nitrogen and oxygen atoms in total. The second-order valence-corrected chi connectivity index (χ2v) is 2.98. The molecule has 1 rings (SSSR count). The molecule has 4 heteroatoms. The van der Waals surface area contributed by atoms with Crippen LogP contribution in [0, 0.1) is 11.3 Å². The predicted octanol–water partition coefficient (Wildman–Crippen LogP) is 1.32. The molecule has 1 aromatic heterocycles. The Morgan fingerprint density at radius 2 is 2.42 bits per heavy atom. The molecule has 0 saturated carbocycles. The Kier molecular flexibility index (Phi) is 2.44. The third-order valence-electron chi connectivity index (χ3n) is 1.91. The third-order valence-corrected chi connectivity index (χ3v) is 1.91. The Hall–Kier alpha value is -1.37. The summed E-state index contributed by atoms with van der Waals surface area (Å²) >= 11 is 0. The summed E-state index contributed by atoms with van der Waals surface area (Å²) in [5.74, 6) is 0. The summed E-state index contributed by atoms with van der Waals surface area (Å²) in [5, 5.41) is 16.5. The molecule has 0 N–H and O–H groups in total. The number of hydrogen-bond acceptors (Lipinski definition) is 3. The first kappa shape index (κ1) is 8.72. The fourth-order valence-corrected chi connectivity index (χ4v) is 1.18. The van der Waals surface area contributed by atoms with Crippen molar-refractivity contribution < 1.29 is 0 Å². The zero-order chi connectivity index (χ0) is 9.03. The van der Waals surface area contributed by atoms with Gasteiger partial charge in [0.15, 0.2) is 0 Å². The van der Waals surface area contributed by atoms with Gasteiger partial charge in [-0.3, -0.25) is 0 Å². The zero-order valence-corrected chi connectivity index (χ0v) is 7.36. The van der Waals surface area contributed by atoms with Crippen molar-refractivity contribution in [2.24, 2.45) is 0 Å². The van der Waals surface area contributed by atoms with Crippen molar-refractivity contribution >= 4 is 0 Å². The summed E-state index contributed by atoms with van der Waals surface area (Å²) in [6.07, 6.45) is 5.07. The highest BCUT2D eigenvalue weighted by Gasteiger charge is 2.25. The molecule has 1 unspecified atom stereocenters. The highest BCUT2D eigenvalue weighted by Crippen LogP contribution is 2.19. The van der Waals surface area contributed by atoms with Crippen molar-refractivity contribution in [1.29, 1.82) is 5.26 Å². The Bertz CT molecular complexity index is 272. The Morgan fingerprint density at radius 1 is 1.67 bits per heavy atom. The molecule has 1 heterocycles. The topological polar surface area (TPSA) is 54.5 Å². The molecule has 0 aliphatic heterocycles. The van der Waals surface area contributed by atoms with E-state index < -0.39 is 5.54 Å². The average molecular weight is 164 g/mol. The van der Waals surface area contributed by atoms with Crippen molar-refractivity contribution in [3.8, 4) is 6.07 Å². The Balaban J connectivity index is 2.90. The lowest BCUT2D eigenvalue weighted by Crippen LogP contribution is -2.28. The van der Waals surface area contributed by atoms with Gasteiger partial charge < -0.3 is 0 Å². The van der Waals surface area contributed by atoms with Gasteiger partial charge >= 0.3 is 0 Å². The van der Waals surface area contributed by atoms with Gasteiger partial charge in [-0.25, -0.2) is 4.68 Å². The van der Waals surface area contributed by atoms with Crippen LogP contribution in [0.25, 0.3) is 0 Å². The first-order valence-corrected chi connectivity index (χ1v) is 4.01. The van der Waals surface area contributed by atoms with Crippen molar-refractivity contribution in [3.63, 3.8) is 0 Å². The van der Waals surface area contributed by atoms with Gasteiger partial charge in [0, 0.05) is 6.20 Å². The van der Waals surface area contributed by atoms with Crippen LogP contribution in [0.1, 0.15) is 26.7 Å². The molecule has 0 fully saturated rings. The van der Waals surface area contributed by atoms with E-state index in [0.717, 1.165) is 12.8 Å². The smallest absolute Gasteiger partial charge is 0.147 e. The fourth-order valence-electron chi connectivity index (χ4n) is 1.18. The highest BCUT2D eigenvalue weighted by molar-refractivity contribution is 5.00. The molecule has 0 saturated heterocycles. The van der Waals surface area contributed by atoms with Gasteiger partial charge in [-0.15, -0.1) is 5.10 Å². The second kappa shape index (κ2) is 3.35. The van der Waals surface area contributed by atoms with Crippen molar-refractivity contribution in [2.75, 3.05) is 0 Å². The minimum atomic E-state index is -0.536. The largest absolute Gasteiger partial charge is 0.233 e. The molecule has 1 atom stereocenters. The van der Waals surface area contributed by atoms with Gasteiger partial charge in [-0.1, -0.05) is 18.6 Å². The molecule has 0 bridgehead atoms. The molecule has 12 heavy (non-hydrogen) atoms. The van der Waals surface area contributed by atoms with E-state index in [4.69, 9.17) is 5.26 Å². The van der Waals surface area contributed by atoms with Crippen LogP contribution in [-0.4, -0.2) is 15.0 Å². The van der Waals surface area contributed by atoms with E-state index in [1.165, 1.54) is 0 Å². The molecular formula is C8H12N4. The predicted molar refractivity (Wildman–Crippen MR) is 44.2 cm³/mol. The van der Waals surface area contributed by atoms with Crippen LogP contribution in [0.5, 0.6) is 0 Å². The van der Waals surface area contributed by atoms with Crippen LogP contribution >= 0.6 is 0 Å². The van der Waals surface area contributed by atoms with Crippen LogP contribution in [0.2, 0.25) is 0 Å². The molecule has 0 spiro atoms. The summed E-state index contributed by atoms with van der Waals surface area (Å²) < 4.78 is 1.61. The van der Waals surface area contributed by atoms with Crippen LogP contribution in [0.15, 0.2) is 12.4 Å². The summed E-state index contributed by atoms with van der Waals surface area (Å²) in [6.45, 7) is 3.91. The molecule has 64 valence electrons. The number of nitrogens with zero attached hydrogens (tertiary/aromatic N) is 4. The second-order valence-electron chi connectivity index (χ2n) is 2.98. The number of rotatable bonds is 3. The maximum atomic E-state index is 8.95. The standard InChI is InChI=1S/C8H12N4/c1-3-4-8(2,7-9)12-6-5-10-11-12/h5-6H,3-4H2,1-2H3.